The third-order valence-electron chi connectivity index (χ3n) is 4.03. The van der Waals surface area contributed by atoms with Crippen molar-refractivity contribution in [3.63, 3.8) is 0 Å². The van der Waals surface area contributed by atoms with Gasteiger partial charge >= 0.3 is 0 Å². The predicted molar refractivity (Wildman–Crippen MR) is 121 cm³/mol. The van der Waals surface area contributed by atoms with Crippen LogP contribution >= 0.6 is 39.3 Å². The minimum absolute atomic E-state index is 0.273. The fraction of sp³-hybridized carbons (Fsp3) is 0.150. The Bertz CT molecular complexity index is 1030. The lowest BCUT2D eigenvalue weighted by atomic mass is 10.2. The number of amides is 3. The number of anilines is 2. The second-order valence-electron chi connectivity index (χ2n) is 6.43. The molecule has 0 saturated carbocycles. The summed E-state index contributed by atoms with van der Waals surface area (Å²) in [5, 5.41) is 2.63. The van der Waals surface area contributed by atoms with Crippen LogP contribution in [-0.4, -0.2) is 42.6 Å². The summed E-state index contributed by atoms with van der Waals surface area (Å²) in [6, 6.07) is 12.3. The standard InChI is InChI=1S/C20H17BrClN3O3S/c1-24(2)16-7-6-12(8-15(16)21)9-17-19(27)25(20(28)29-17)11-18(26)23-14-5-3-4-13(22)10-14/h3-10H,11H2,1-2H3,(H,23,26)/b17-9-. The van der Waals surface area contributed by atoms with Crippen molar-refractivity contribution in [2.75, 3.05) is 30.9 Å². The van der Waals surface area contributed by atoms with Crippen LogP contribution in [0.1, 0.15) is 5.56 Å². The van der Waals surface area contributed by atoms with Crippen LogP contribution in [-0.2, 0) is 9.59 Å². The van der Waals surface area contributed by atoms with Crippen molar-refractivity contribution in [3.8, 4) is 0 Å². The van der Waals surface area contributed by atoms with Crippen molar-refractivity contribution in [1.29, 1.82) is 0 Å². The van der Waals surface area contributed by atoms with Gasteiger partial charge in [-0.25, -0.2) is 0 Å². The Hall–Kier alpha value is -2.29. The lowest BCUT2D eigenvalue weighted by Crippen LogP contribution is -2.36. The summed E-state index contributed by atoms with van der Waals surface area (Å²) in [4.78, 5) is 40.3. The van der Waals surface area contributed by atoms with E-state index in [9.17, 15) is 14.4 Å². The van der Waals surface area contributed by atoms with Gasteiger partial charge in [0.15, 0.2) is 0 Å². The quantitative estimate of drug-likeness (QED) is 0.602. The maximum absolute atomic E-state index is 12.6. The number of imide groups is 1. The van der Waals surface area contributed by atoms with Gasteiger partial charge in [0.1, 0.15) is 6.54 Å². The monoisotopic (exact) mass is 493 g/mol. The highest BCUT2D eigenvalue weighted by Gasteiger charge is 2.36. The summed E-state index contributed by atoms with van der Waals surface area (Å²) in [6.45, 7) is -0.363. The van der Waals surface area contributed by atoms with Gasteiger partial charge < -0.3 is 10.2 Å². The molecule has 2 aromatic carbocycles. The zero-order valence-electron chi connectivity index (χ0n) is 15.6. The first kappa shape index (κ1) is 21.4. The normalized spacial score (nSPS) is 15.2. The highest BCUT2D eigenvalue weighted by molar-refractivity contribution is 9.10. The molecule has 3 rings (SSSR count). The van der Waals surface area contributed by atoms with Crippen molar-refractivity contribution in [2.24, 2.45) is 0 Å². The summed E-state index contributed by atoms with van der Waals surface area (Å²) in [5.41, 5.74) is 2.26. The van der Waals surface area contributed by atoms with Gasteiger partial charge in [-0.05, 0) is 69.7 Å². The topological polar surface area (TPSA) is 69.7 Å². The van der Waals surface area contributed by atoms with Crippen molar-refractivity contribution >= 4 is 73.8 Å². The molecule has 0 unspecified atom stereocenters. The molecule has 6 nitrogen and oxygen atoms in total. The summed E-state index contributed by atoms with van der Waals surface area (Å²) in [6.07, 6.45) is 1.64. The van der Waals surface area contributed by atoms with E-state index in [0.29, 0.717) is 10.7 Å². The molecule has 29 heavy (non-hydrogen) atoms. The smallest absolute Gasteiger partial charge is 0.294 e. The molecule has 0 aliphatic carbocycles. The largest absolute Gasteiger partial charge is 0.377 e. The average molecular weight is 495 g/mol. The molecule has 3 amide bonds. The molecule has 0 atom stereocenters. The third-order valence-corrected chi connectivity index (χ3v) is 5.81. The van der Waals surface area contributed by atoms with E-state index in [0.717, 1.165) is 32.4 Å². The molecule has 150 valence electrons. The fourth-order valence-corrected chi connectivity index (χ4v) is 4.45. The van der Waals surface area contributed by atoms with Gasteiger partial charge in [0, 0.05) is 29.3 Å². The Morgan fingerprint density at radius 3 is 2.66 bits per heavy atom. The van der Waals surface area contributed by atoms with Gasteiger partial charge in [-0.3, -0.25) is 19.3 Å². The van der Waals surface area contributed by atoms with Crippen molar-refractivity contribution in [2.45, 2.75) is 0 Å². The Morgan fingerprint density at radius 2 is 2.00 bits per heavy atom. The number of hydrogen-bond donors (Lipinski definition) is 1. The van der Waals surface area contributed by atoms with E-state index < -0.39 is 17.1 Å². The zero-order valence-corrected chi connectivity index (χ0v) is 18.8. The summed E-state index contributed by atoms with van der Waals surface area (Å²) in [7, 11) is 3.86. The highest BCUT2D eigenvalue weighted by atomic mass is 79.9. The number of benzene rings is 2. The molecule has 1 fully saturated rings. The molecule has 1 aliphatic heterocycles. The van der Waals surface area contributed by atoms with Crippen LogP contribution in [0.3, 0.4) is 0 Å². The Morgan fingerprint density at radius 1 is 1.24 bits per heavy atom. The van der Waals surface area contributed by atoms with E-state index in [2.05, 4.69) is 21.2 Å². The number of thioether (sulfide) groups is 1. The molecule has 1 N–H and O–H groups in total. The highest BCUT2D eigenvalue weighted by Crippen LogP contribution is 2.33. The Labute approximate surface area is 186 Å². The van der Waals surface area contributed by atoms with Gasteiger partial charge in [0.2, 0.25) is 5.91 Å². The maximum atomic E-state index is 12.6. The zero-order chi connectivity index (χ0) is 21.1. The van der Waals surface area contributed by atoms with E-state index in [1.807, 2.05) is 37.2 Å². The van der Waals surface area contributed by atoms with E-state index in [-0.39, 0.29) is 11.4 Å². The van der Waals surface area contributed by atoms with E-state index in [1.54, 1.807) is 30.3 Å². The summed E-state index contributed by atoms with van der Waals surface area (Å²) >= 11 is 10.2. The number of halogens is 2. The maximum Gasteiger partial charge on any atom is 0.294 e. The summed E-state index contributed by atoms with van der Waals surface area (Å²) in [5.74, 6) is -0.969. The van der Waals surface area contributed by atoms with E-state index in [4.69, 9.17) is 11.6 Å². The van der Waals surface area contributed by atoms with Crippen molar-refractivity contribution < 1.29 is 14.4 Å². The molecule has 1 heterocycles. The van der Waals surface area contributed by atoms with Crippen molar-refractivity contribution in [3.05, 3.63) is 62.4 Å². The fourth-order valence-electron chi connectivity index (χ4n) is 2.67. The van der Waals surface area contributed by atoms with E-state index in [1.165, 1.54) is 0 Å². The Balaban J connectivity index is 1.71. The van der Waals surface area contributed by atoms with Crippen LogP contribution in [0.25, 0.3) is 6.08 Å². The van der Waals surface area contributed by atoms with Gasteiger partial charge in [0.05, 0.1) is 10.6 Å². The van der Waals surface area contributed by atoms with Crippen LogP contribution in [0.4, 0.5) is 16.2 Å². The first-order valence-corrected chi connectivity index (χ1v) is 10.5. The SMILES string of the molecule is CN(C)c1ccc(/C=C2\SC(=O)N(CC(=O)Nc3cccc(Cl)c3)C2=O)cc1Br. The van der Waals surface area contributed by atoms with Crippen LogP contribution in [0, 0.1) is 0 Å². The number of carbonyl (C=O) groups is 3. The van der Waals surface area contributed by atoms with Crippen LogP contribution in [0.2, 0.25) is 5.02 Å². The molecule has 0 radical (unpaired) electrons. The van der Waals surface area contributed by atoms with Crippen molar-refractivity contribution in [1.82, 2.24) is 4.90 Å². The number of rotatable bonds is 5. The van der Waals surface area contributed by atoms with Gasteiger partial charge in [-0.1, -0.05) is 23.7 Å². The number of carbonyl (C=O) groups excluding carboxylic acids is 3. The van der Waals surface area contributed by atoms with Crippen LogP contribution in [0.5, 0.6) is 0 Å². The van der Waals surface area contributed by atoms with Crippen LogP contribution < -0.4 is 10.2 Å². The summed E-state index contributed by atoms with van der Waals surface area (Å²) < 4.78 is 0.872. The lowest BCUT2D eigenvalue weighted by Gasteiger charge is -2.14. The molecule has 1 aliphatic rings. The molecule has 0 spiro atoms. The second kappa shape index (κ2) is 9.02. The number of hydrogen-bond acceptors (Lipinski definition) is 5. The second-order valence-corrected chi connectivity index (χ2v) is 8.72. The van der Waals surface area contributed by atoms with Gasteiger partial charge in [0.25, 0.3) is 11.1 Å². The molecule has 0 bridgehead atoms. The molecular weight excluding hydrogens is 478 g/mol. The van der Waals surface area contributed by atoms with Gasteiger partial charge in [-0.2, -0.15) is 0 Å². The Kier molecular flexibility index (Phi) is 6.66. The molecule has 9 heteroatoms. The average Bonchev–Trinajstić information content (AvgIpc) is 2.89. The van der Waals surface area contributed by atoms with E-state index >= 15 is 0 Å². The predicted octanol–water partition coefficient (Wildman–Crippen LogP) is 4.84. The molecule has 0 aromatic heterocycles. The molecular formula is C20H17BrClN3O3S. The van der Waals surface area contributed by atoms with Gasteiger partial charge in [-0.15, -0.1) is 0 Å². The first-order chi connectivity index (χ1) is 13.7. The number of nitrogens with zero attached hydrogens (tertiary/aromatic N) is 2. The lowest BCUT2D eigenvalue weighted by molar-refractivity contribution is -0.127. The minimum Gasteiger partial charge on any atom is -0.377 e. The minimum atomic E-state index is -0.492. The molecule has 2 aromatic rings. The molecule has 1 saturated heterocycles. The number of nitrogens with one attached hydrogen (secondary N) is 1. The third kappa shape index (κ3) is 5.20. The first-order valence-electron chi connectivity index (χ1n) is 8.52. The van der Waals surface area contributed by atoms with Crippen LogP contribution in [0.15, 0.2) is 51.8 Å².